The van der Waals surface area contributed by atoms with Gasteiger partial charge in [0.2, 0.25) is 5.91 Å². The Bertz CT molecular complexity index is 624. The molecule has 4 heterocycles. The molecule has 0 N–H and O–H groups in total. The van der Waals surface area contributed by atoms with E-state index in [0.29, 0.717) is 36.2 Å². The van der Waals surface area contributed by atoms with Crippen LogP contribution in [0.2, 0.25) is 0 Å². The maximum absolute atomic E-state index is 12.9. The minimum Gasteiger partial charge on any atom is -0.496 e. The molecule has 1 aromatic carbocycles. The standard InChI is InChI=1S/C21H30N2O2/c1-3-4-9-19(24)23-14-17(16-7-5-6-8-18(16)25-2)21-20(23)15-10-12-22(21)13-11-15/h5-8,15,17,20-21H,3-4,9-14H2,1-2H3/t17-,20-,21-/m1/s1. The van der Waals surface area contributed by atoms with Crippen LogP contribution in [0, 0.1) is 5.92 Å². The van der Waals surface area contributed by atoms with Crippen LogP contribution in [0.3, 0.4) is 0 Å². The van der Waals surface area contributed by atoms with E-state index in [2.05, 4.69) is 34.9 Å². The van der Waals surface area contributed by atoms with E-state index in [0.717, 1.165) is 25.1 Å². The maximum atomic E-state index is 12.9. The number of rotatable bonds is 5. The third-order valence-electron chi connectivity index (χ3n) is 6.60. The first-order chi connectivity index (χ1) is 12.2. The lowest BCUT2D eigenvalue weighted by molar-refractivity contribution is -0.136. The second-order valence-corrected chi connectivity index (χ2v) is 7.85. The van der Waals surface area contributed by atoms with Crippen LogP contribution in [0.15, 0.2) is 24.3 Å². The van der Waals surface area contributed by atoms with Gasteiger partial charge in [-0.3, -0.25) is 9.69 Å². The quantitative estimate of drug-likeness (QED) is 0.823. The van der Waals surface area contributed by atoms with Gasteiger partial charge in [-0.25, -0.2) is 0 Å². The Labute approximate surface area is 151 Å². The largest absolute Gasteiger partial charge is 0.496 e. The maximum Gasteiger partial charge on any atom is 0.222 e. The van der Waals surface area contributed by atoms with E-state index in [1.807, 2.05) is 6.07 Å². The van der Waals surface area contributed by atoms with Gasteiger partial charge >= 0.3 is 0 Å². The van der Waals surface area contributed by atoms with Gasteiger partial charge in [0.05, 0.1) is 13.2 Å². The van der Waals surface area contributed by atoms with Crippen LogP contribution < -0.4 is 4.74 Å². The van der Waals surface area contributed by atoms with Crippen LogP contribution in [0.4, 0.5) is 0 Å². The van der Waals surface area contributed by atoms with E-state index in [1.165, 1.54) is 31.5 Å². The summed E-state index contributed by atoms with van der Waals surface area (Å²) in [6, 6.07) is 9.26. The Hall–Kier alpha value is -1.55. The van der Waals surface area contributed by atoms with Crippen LogP contribution in [-0.2, 0) is 4.79 Å². The van der Waals surface area contributed by atoms with Crippen molar-refractivity contribution in [1.82, 2.24) is 9.80 Å². The van der Waals surface area contributed by atoms with E-state index in [9.17, 15) is 4.79 Å². The number of carbonyl (C=O) groups excluding carboxylic acids is 1. The number of ether oxygens (including phenoxy) is 1. The van der Waals surface area contributed by atoms with Crippen LogP contribution in [-0.4, -0.2) is 54.5 Å². The molecule has 4 nitrogen and oxygen atoms in total. The number of hydrogen-bond acceptors (Lipinski definition) is 3. The van der Waals surface area contributed by atoms with Crippen molar-refractivity contribution in [2.45, 2.75) is 57.0 Å². The van der Waals surface area contributed by atoms with Crippen molar-refractivity contribution in [3.63, 3.8) is 0 Å². The fourth-order valence-corrected chi connectivity index (χ4v) is 5.42. The molecular formula is C21H30N2O2. The van der Waals surface area contributed by atoms with E-state index >= 15 is 0 Å². The molecule has 4 fully saturated rings. The predicted molar refractivity (Wildman–Crippen MR) is 98.8 cm³/mol. The molecule has 0 saturated carbocycles. The van der Waals surface area contributed by atoms with Crippen molar-refractivity contribution < 1.29 is 9.53 Å². The minimum atomic E-state index is 0.364. The summed E-state index contributed by atoms with van der Waals surface area (Å²) in [7, 11) is 1.75. The number of methoxy groups -OCH3 is 1. The van der Waals surface area contributed by atoms with Gasteiger partial charge < -0.3 is 9.64 Å². The zero-order valence-corrected chi connectivity index (χ0v) is 15.5. The van der Waals surface area contributed by atoms with Crippen molar-refractivity contribution in [2.24, 2.45) is 5.92 Å². The molecule has 3 atom stereocenters. The van der Waals surface area contributed by atoms with Crippen molar-refractivity contribution >= 4 is 5.91 Å². The average Bonchev–Trinajstić information content (AvgIpc) is 3.09. The number of piperidine rings is 3. The molecule has 2 bridgehead atoms. The first-order valence-electron chi connectivity index (χ1n) is 9.91. The number of nitrogens with zero attached hydrogens (tertiary/aromatic N) is 2. The number of unbranched alkanes of at least 4 members (excludes halogenated alkanes) is 1. The number of carbonyl (C=O) groups is 1. The summed E-state index contributed by atoms with van der Waals surface area (Å²) < 4.78 is 5.66. The van der Waals surface area contributed by atoms with E-state index < -0.39 is 0 Å². The van der Waals surface area contributed by atoms with Gasteiger partial charge in [-0.2, -0.15) is 0 Å². The van der Waals surface area contributed by atoms with E-state index in [4.69, 9.17) is 4.74 Å². The fourth-order valence-electron chi connectivity index (χ4n) is 5.42. The lowest BCUT2D eigenvalue weighted by atomic mass is 9.75. The summed E-state index contributed by atoms with van der Waals surface area (Å²) in [6.07, 6.45) is 5.28. The van der Waals surface area contributed by atoms with Gasteiger partial charge in [0.15, 0.2) is 0 Å². The highest BCUT2D eigenvalue weighted by Crippen LogP contribution is 2.48. The molecule has 0 aliphatic carbocycles. The van der Waals surface area contributed by atoms with Crippen LogP contribution >= 0.6 is 0 Å². The van der Waals surface area contributed by atoms with Crippen molar-refractivity contribution in [3.8, 4) is 5.75 Å². The van der Waals surface area contributed by atoms with Crippen LogP contribution in [0.5, 0.6) is 5.75 Å². The molecule has 1 aromatic rings. The molecule has 4 aliphatic rings. The molecule has 4 aliphatic heterocycles. The van der Waals surface area contributed by atoms with Crippen LogP contribution in [0.1, 0.15) is 50.5 Å². The molecule has 25 heavy (non-hydrogen) atoms. The Morgan fingerprint density at radius 1 is 1.20 bits per heavy atom. The minimum absolute atomic E-state index is 0.364. The summed E-state index contributed by atoms with van der Waals surface area (Å²) in [5.74, 6) is 2.38. The van der Waals surface area contributed by atoms with Gasteiger partial charge in [0, 0.05) is 30.5 Å². The second-order valence-electron chi connectivity index (χ2n) is 7.85. The molecule has 0 radical (unpaired) electrons. The van der Waals surface area contributed by atoms with Gasteiger partial charge in [-0.1, -0.05) is 31.5 Å². The molecule has 1 amide bonds. The number of likely N-dealkylation sites (tertiary alicyclic amines) is 1. The number of benzene rings is 1. The van der Waals surface area contributed by atoms with Gasteiger partial charge in [0.1, 0.15) is 5.75 Å². The molecule has 136 valence electrons. The Balaban J connectivity index is 1.67. The van der Waals surface area contributed by atoms with Gasteiger partial charge in [-0.15, -0.1) is 0 Å². The lowest BCUT2D eigenvalue weighted by Gasteiger charge is -2.51. The second kappa shape index (κ2) is 6.99. The summed E-state index contributed by atoms with van der Waals surface area (Å²) in [5, 5.41) is 0. The summed E-state index contributed by atoms with van der Waals surface area (Å²) in [5.41, 5.74) is 1.28. The lowest BCUT2D eigenvalue weighted by Crippen LogP contribution is -2.60. The Morgan fingerprint density at radius 3 is 2.68 bits per heavy atom. The summed E-state index contributed by atoms with van der Waals surface area (Å²) in [6.45, 7) is 5.39. The first-order valence-corrected chi connectivity index (χ1v) is 9.91. The van der Waals surface area contributed by atoms with Gasteiger partial charge in [0.25, 0.3) is 0 Å². The average molecular weight is 342 g/mol. The number of hydrogen-bond donors (Lipinski definition) is 0. The highest BCUT2D eigenvalue weighted by atomic mass is 16.5. The third kappa shape index (κ3) is 2.84. The Kier molecular flexibility index (Phi) is 4.72. The van der Waals surface area contributed by atoms with Crippen LogP contribution in [0.25, 0.3) is 0 Å². The first kappa shape index (κ1) is 16.9. The van der Waals surface area contributed by atoms with Gasteiger partial charge in [-0.05, 0) is 44.3 Å². The zero-order valence-electron chi connectivity index (χ0n) is 15.5. The molecule has 0 unspecified atom stereocenters. The predicted octanol–water partition coefficient (Wildman–Crippen LogP) is 3.27. The molecule has 5 rings (SSSR count). The van der Waals surface area contributed by atoms with Crippen molar-refractivity contribution in [3.05, 3.63) is 29.8 Å². The summed E-state index contributed by atoms with van der Waals surface area (Å²) >= 11 is 0. The monoisotopic (exact) mass is 342 g/mol. The summed E-state index contributed by atoms with van der Waals surface area (Å²) in [4.78, 5) is 17.8. The van der Waals surface area contributed by atoms with E-state index in [-0.39, 0.29) is 0 Å². The normalized spacial score (nSPS) is 33.4. The third-order valence-corrected chi connectivity index (χ3v) is 6.60. The van der Waals surface area contributed by atoms with E-state index in [1.54, 1.807) is 7.11 Å². The SMILES string of the molecule is CCCCC(=O)N1C[C@H](c2ccccc2OC)[C@@H]2[C@H]1C1CCN2CC1. The molecular weight excluding hydrogens is 312 g/mol. The Morgan fingerprint density at radius 2 is 1.96 bits per heavy atom. The van der Waals surface area contributed by atoms with Crippen molar-refractivity contribution in [2.75, 3.05) is 26.7 Å². The molecule has 0 aromatic heterocycles. The number of para-hydroxylation sites is 1. The smallest absolute Gasteiger partial charge is 0.222 e. The highest BCUT2D eigenvalue weighted by Gasteiger charge is 2.54. The van der Waals surface area contributed by atoms with Crippen molar-refractivity contribution in [1.29, 1.82) is 0 Å². The molecule has 4 heteroatoms. The molecule has 0 spiro atoms. The fraction of sp³-hybridized carbons (Fsp3) is 0.667. The number of amides is 1. The zero-order chi connectivity index (χ0) is 17.4. The highest BCUT2D eigenvalue weighted by molar-refractivity contribution is 5.77. The number of fused-ring (bicyclic) bond motifs is 2. The molecule has 4 saturated heterocycles. The topological polar surface area (TPSA) is 32.8 Å².